The number of imidazole rings is 1. The molecule has 4 heterocycles. The van der Waals surface area contributed by atoms with Gasteiger partial charge in [0.2, 0.25) is 5.95 Å². The number of rotatable bonds is 4. The van der Waals surface area contributed by atoms with E-state index in [9.17, 15) is 13.6 Å². The van der Waals surface area contributed by atoms with Gasteiger partial charge in [0, 0.05) is 43.2 Å². The van der Waals surface area contributed by atoms with Crippen LogP contribution in [-0.2, 0) is 6.42 Å². The predicted molar refractivity (Wildman–Crippen MR) is 129 cm³/mol. The van der Waals surface area contributed by atoms with E-state index in [0.29, 0.717) is 29.8 Å². The molecule has 6 rings (SSSR count). The molecule has 9 heteroatoms. The Hall–Kier alpha value is -3.59. The van der Waals surface area contributed by atoms with Crippen molar-refractivity contribution in [2.75, 3.05) is 38.5 Å². The molecule has 2 aliphatic rings. The number of anilines is 1. The first kappa shape index (κ1) is 21.9. The average molecular weight is 477 g/mol. The Morgan fingerprint density at radius 3 is 2.66 bits per heavy atom. The number of likely N-dealkylation sites (tertiary alicyclic amines) is 2. The summed E-state index contributed by atoms with van der Waals surface area (Å²) in [5.74, 6) is -0.734. The third-order valence-electron chi connectivity index (χ3n) is 7.50. The first-order valence-electron chi connectivity index (χ1n) is 11.9. The molecule has 2 saturated heterocycles. The van der Waals surface area contributed by atoms with Crippen LogP contribution in [0.1, 0.15) is 28.9 Å². The van der Waals surface area contributed by atoms with Crippen molar-refractivity contribution in [2.45, 2.75) is 19.3 Å². The number of nitrogens with two attached hydrogens (primary N) is 1. The minimum atomic E-state index is -0.473. The minimum absolute atomic E-state index is 0.0913. The second kappa shape index (κ2) is 8.27. The Morgan fingerprint density at radius 1 is 1.03 bits per heavy atom. The summed E-state index contributed by atoms with van der Waals surface area (Å²) in [6.07, 6.45) is 4.48. The largest absolute Gasteiger partial charge is 0.369 e. The summed E-state index contributed by atoms with van der Waals surface area (Å²) in [5.41, 5.74) is 8.13. The van der Waals surface area contributed by atoms with Crippen molar-refractivity contribution >= 4 is 28.4 Å². The van der Waals surface area contributed by atoms with Crippen LogP contribution in [0.2, 0.25) is 0 Å². The first-order chi connectivity index (χ1) is 16.9. The molecule has 1 spiro atoms. The van der Waals surface area contributed by atoms with Crippen molar-refractivity contribution in [2.24, 2.45) is 5.41 Å². The third-order valence-corrected chi connectivity index (χ3v) is 7.50. The van der Waals surface area contributed by atoms with Crippen LogP contribution in [0.4, 0.5) is 14.7 Å². The lowest BCUT2D eigenvalue weighted by molar-refractivity contribution is 0.0768. The minimum Gasteiger partial charge on any atom is -0.369 e. The quantitative estimate of drug-likeness (QED) is 0.488. The van der Waals surface area contributed by atoms with Gasteiger partial charge in [-0.1, -0.05) is 18.2 Å². The van der Waals surface area contributed by atoms with E-state index in [1.54, 1.807) is 22.7 Å². The fourth-order valence-electron chi connectivity index (χ4n) is 5.59. The molecule has 2 aliphatic heterocycles. The summed E-state index contributed by atoms with van der Waals surface area (Å²) in [4.78, 5) is 26.4. The Morgan fingerprint density at radius 2 is 1.83 bits per heavy atom. The standard InChI is InChI=1S/C26H26F2N6O/c27-18-6-4-17(5-7-18)8-11-32-12-9-26(15-32)10-13-33(16-26)24(35)21-14-34-23(30-21)19-2-1-3-20(28)22(19)31-25(34)29/h1-7,14H,8-13,15-16H2,(H2,29,31). The summed E-state index contributed by atoms with van der Waals surface area (Å²) < 4.78 is 28.9. The van der Waals surface area contributed by atoms with Gasteiger partial charge in [-0.2, -0.15) is 0 Å². The lowest BCUT2D eigenvalue weighted by atomic mass is 9.86. The molecule has 0 saturated carbocycles. The van der Waals surface area contributed by atoms with Crippen molar-refractivity contribution in [3.8, 4) is 0 Å². The lowest BCUT2D eigenvalue weighted by Crippen LogP contribution is -2.34. The lowest BCUT2D eigenvalue weighted by Gasteiger charge is -2.24. The number of para-hydroxylation sites is 1. The summed E-state index contributed by atoms with van der Waals surface area (Å²) in [6.45, 7) is 4.24. The molecule has 1 amide bonds. The number of carbonyl (C=O) groups is 1. The van der Waals surface area contributed by atoms with E-state index in [4.69, 9.17) is 5.73 Å². The number of halogens is 2. The highest BCUT2D eigenvalue weighted by Gasteiger charge is 2.44. The molecular weight excluding hydrogens is 450 g/mol. The molecule has 35 heavy (non-hydrogen) atoms. The average Bonchev–Trinajstić information content (AvgIpc) is 3.59. The van der Waals surface area contributed by atoms with Crippen LogP contribution in [-0.4, -0.2) is 62.8 Å². The fourth-order valence-corrected chi connectivity index (χ4v) is 5.59. The van der Waals surface area contributed by atoms with Crippen molar-refractivity contribution in [1.29, 1.82) is 0 Å². The van der Waals surface area contributed by atoms with Crippen LogP contribution < -0.4 is 5.73 Å². The number of fused-ring (bicyclic) bond motifs is 3. The highest BCUT2D eigenvalue weighted by atomic mass is 19.1. The number of hydrogen-bond donors (Lipinski definition) is 1. The third kappa shape index (κ3) is 3.89. The Balaban J connectivity index is 1.16. The molecule has 1 unspecified atom stereocenters. The summed E-state index contributed by atoms with van der Waals surface area (Å²) in [5, 5.41) is 0.517. The van der Waals surface area contributed by atoms with Crippen LogP contribution in [0.25, 0.3) is 16.6 Å². The second-order valence-corrected chi connectivity index (χ2v) is 9.81. The number of carbonyl (C=O) groups excluding carboxylic acids is 1. The maximum atomic E-state index is 14.2. The number of nitrogens with zero attached hydrogens (tertiary/aromatic N) is 5. The Labute approximate surface area is 201 Å². The summed E-state index contributed by atoms with van der Waals surface area (Å²) >= 11 is 0. The molecule has 2 aromatic heterocycles. The maximum absolute atomic E-state index is 14.2. The molecule has 4 aromatic rings. The van der Waals surface area contributed by atoms with Crippen molar-refractivity contribution in [3.05, 3.63) is 71.6 Å². The summed E-state index contributed by atoms with van der Waals surface area (Å²) in [7, 11) is 0. The highest BCUT2D eigenvalue weighted by Crippen LogP contribution is 2.40. The van der Waals surface area contributed by atoms with Gasteiger partial charge in [0.15, 0.2) is 0 Å². The molecule has 0 aliphatic carbocycles. The highest BCUT2D eigenvalue weighted by molar-refractivity contribution is 5.97. The van der Waals surface area contributed by atoms with Gasteiger partial charge in [-0.25, -0.2) is 18.7 Å². The van der Waals surface area contributed by atoms with Crippen LogP contribution in [0, 0.1) is 17.0 Å². The molecule has 2 aromatic carbocycles. The SMILES string of the molecule is Nc1nc2c(F)cccc2c2nc(C(=O)N3CCC4(CCN(CCc5ccc(F)cc5)C4)C3)cn12. The van der Waals surface area contributed by atoms with Crippen molar-refractivity contribution < 1.29 is 13.6 Å². The molecule has 0 bridgehead atoms. The number of hydrogen-bond acceptors (Lipinski definition) is 5. The molecule has 7 nitrogen and oxygen atoms in total. The zero-order chi connectivity index (χ0) is 24.2. The van der Waals surface area contributed by atoms with Crippen LogP contribution >= 0.6 is 0 Å². The van der Waals surface area contributed by atoms with Gasteiger partial charge in [0.25, 0.3) is 5.91 Å². The smallest absolute Gasteiger partial charge is 0.274 e. The number of amides is 1. The summed E-state index contributed by atoms with van der Waals surface area (Å²) in [6, 6.07) is 11.3. The van der Waals surface area contributed by atoms with E-state index in [1.807, 2.05) is 17.0 Å². The zero-order valence-electron chi connectivity index (χ0n) is 19.3. The normalized spacial score (nSPS) is 20.6. The number of nitrogen functional groups attached to an aromatic ring is 1. The van der Waals surface area contributed by atoms with Crippen LogP contribution in [0.5, 0.6) is 0 Å². The van der Waals surface area contributed by atoms with Gasteiger partial charge in [-0.05, 0) is 55.6 Å². The monoisotopic (exact) mass is 476 g/mol. The Bertz CT molecular complexity index is 1440. The first-order valence-corrected chi connectivity index (χ1v) is 11.9. The molecule has 180 valence electrons. The maximum Gasteiger partial charge on any atom is 0.274 e. The zero-order valence-corrected chi connectivity index (χ0v) is 19.3. The van der Waals surface area contributed by atoms with E-state index in [2.05, 4.69) is 14.9 Å². The topological polar surface area (TPSA) is 79.8 Å². The second-order valence-electron chi connectivity index (χ2n) is 9.81. The molecule has 1 atom stereocenters. The van der Waals surface area contributed by atoms with E-state index in [1.165, 1.54) is 18.2 Å². The van der Waals surface area contributed by atoms with Crippen LogP contribution in [0.15, 0.2) is 48.7 Å². The van der Waals surface area contributed by atoms with Gasteiger partial charge in [0.1, 0.15) is 28.5 Å². The molecule has 0 radical (unpaired) electrons. The molecular formula is C26H26F2N6O. The number of aromatic nitrogens is 3. The van der Waals surface area contributed by atoms with Gasteiger partial charge >= 0.3 is 0 Å². The Kier molecular flexibility index (Phi) is 5.17. The van der Waals surface area contributed by atoms with Gasteiger partial charge in [-0.15, -0.1) is 0 Å². The molecule has 2 N–H and O–H groups in total. The predicted octanol–water partition coefficient (Wildman–Crippen LogP) is 3.52. The fraction of sp³-hybridized carbons (Fsp3) is 0.346. The number of benzene rings is 2. The molecule has 2 fully saturated rings. The van der Waals surface area contributed by atoms with Gasteiger partial charge < -0.3 is 15.5 Å². The van der Waals surface area contributed by atoms with Crippen molar-refractivity contribution in [1.82, 2.24) is 24.2 Å². The van der Waals surface area contributed by atoms with E-state index < -0.39 is 5.82 Å². The van der Waals surface area contributed by atoms with E-state index >= 15 is 0 Å². The van der Waals surface area contributed by atoms with Crippen molar-refractivity contribution in [3.63, 3.8) is 0 Å². The van der Waals surface area contributed by atoms with Gasteiger partial charge in [0.05, 0.1) is 0 Å². The van der Waals surface area contributed by atoms with E-state index in [0.717, 1.165) is 44.5 Å². The van der Waals surface area contributed by atoms with E-state index in [-0.39, 0.29) is 28.6 Å². The van der Waals surface area contributed by atoms with Gasteiger partial charge in [-0.3, -0.25) is 9.20 Å². The van der Waals surface area contributed by atoms with Crippen LogP contribution in [0.3, 0.4) is 0 Å².